The SMILES string of the molecule is CC.CC.Cc1[nH]nc2cc(C(F)(F)F)ccc12. The summed E-state index contributed by atoms with van der Waals surface area (Å²) in [6.45, 7) is 9.77. The third-order valence-corrected chi connectivity index (χ3v) is 2.07. The molecule has 0 unspecified atom stereocenters. The molecule has 0 saturated heterocycles. The van der Waals surface area contributed by atoms with Crippen molar-refractivity contribution in [1.29, 1.82) is 0 Å². The lowest BCUT2D eigenvalue weighted by Gasteiger charge is -2.05. The Morgan fingerprint density at radius 1 is 1.06 bits per heavy atom. The molecule has 1 N–H and O–H groups in total. The van der Waals surface area contributed by atoms with Crippen LogP contribution in [-0.2, 0) is 6.18 Å². The van der Waals surface area contributed by atoms with Gasteiger partial charge < -0.3 is 0 Å². The highest BCUT2D eigenvalue weighted by atomic mass is 19.4. The van der Waals surface area contributed by atoms with Gasteiger partial charge in [0.2, 0.25) is 0 Å². The van der Waals surface area contributed by atoms with Crippen molar-refractivity contribution in [2.75, 3.05) is 0 Å². The second-order valence-corrected chi connectivity index (χ2v) is 3.08. The highest BCUT2D eigenvalue weighted by Gasteiger charge is 2.30. The van der Waals surface area contributed by atoms with E-state index in [1.54, 1.807) is 6.92 Å². The van der Waals surface area contributed by atoms with E-state index in [2.05, 4.69) is 10.2 Å². The van der Waals surface area contributed by atoms with Crippen LogP contribution in [0.25, 0.3) is 10.9 Å². The molecule has 0 aliphatic carbocycles. The quantitative estimate of drug-likeness (QED) is 0.713. The van der Waals surface area contributed by atoms with Gasteiger partial charge >= 0.3 is 6.18 Å². The van der Waals surface area contributed by atoms with Crippen LogP contribution < -0.4 is 0 Å². The number of nitrogens with one attached hydrogen (secondary N) is 1. The molecule has 102 valence electrons. The van der Waals surface area contributed by atoms with Gasteiger partial charge in [-0.3, -0.25) is 5.10 Å². The fourth-order valence-corrected chi connectivity index (χ4v) is 1.32. The minimum absolute atomic E-state index is 0.345. The van der Waals surface area contributed by atoms with Crippen LogP contribution in [0.1, 0.15) is 39.0 Å². The smallest absolute Gasteiger partial charge is 0.282 e. The molecule has 2 nitrogen and oxygen atoms in total. The summed E-state index contributed by atoms with van der Waals surface area (Å²) in [5.74, 6) is 0. The lowest BCUT2D eigenvalue weighted by atomic mass is 10.1. The van der Waals surface area contributed by atoms with E-state index < -0.39 is 11.7 Å². The lowest BCUT2D eigenvalue weighted by molar-refractivity contribution is -0.137. The molecule has 0 amide bonds. The topological polar surface area (TPSA) is 28.7 Å². The van der Waals surface area contributed by atoms with Crippen LogP contribution in [0.4, 0.5) is 13.2 Å². The number of alkyl halides is 3. The Kier molecular flexibility index (Phi) is 6.44. The van der Waals surface area contributed by atoms with Crippen molar-refractivity contribution in [3.63, 3.8) is 0 Å². The van der Waals surface area contributed by atoms with Gasteiger partial charge in [0.1, 0.15) is 0 Å². The van der Waals surface area contributed by atoms with Gasteiger partial charge in [-0.15, -0.1) is 0 Å². The third-order valence-electron chi connectivity index (χ3n) is 2.07. The van der Waals surface area contributed by atoms with Gasteiger partial charge in [0.05, 0.1) is 11.1 Å². The standard InChI is InChI=1S/C9H7F3N2.2C2H6/c1-5-7-3-2-6(9(10,11)12)4-8(7)14-13-5;2*1-2/h2-4H,1H3,(H,13,14);2*1-2H3. The molecule has 0 bridgehead atoms. The van der Waals surface area contributed by atoms with Gasteiger partial charge in [0.15, 0.2) is 0 Å². The van der Waals surface area contributed by atoms with Crippen LogP contribution in [-0.4, -0.2) is 10.2 Å². The molecule has 0 atom stereocenters. The van der Waals surface area contributed by atoms with Crippen molar-refractivity contribution < 1.29 is 13.2 Å². The number of rotatable bonds is 0. The van der Waals surface area contributed by atoms with E-state index in [-0.39, 0.29) is 0 Å². The molecular weight excluding hydrogens is 241 g/mol. The molecule has 0 saturated carbocycles. The Morgan fingerprint density at radius 3 is 2.11 bits per heavy atom. The Morgan fingerprint density at radius 2 is 1.61 bits per heavy atom. The predicted molar refractivity (Wildman–Crippen MR) is 68.5 cm³/mol. The summed E-state index contributed by atoms with van der Waals surface area (Å²) in [6, 6.07) is 3.53. The van der Waals surface area contributed by atoms with Crippen LogP contribution >= 0.6 is 0 Å². The number of benzene rings is 1. The maximum atomic E-state index is 12.3. The molecular formula is C13H19F3N2. The average Bonchev–Trinajstić information content (AvgIpc) is 2.75. The highest BCUT2D eigenvalue weighted by molar-refractivity contribution is 5.81. The van der Waals surface area contributed by atoms with E-state index in [4.69, 9.17) is 0 Å². The molecule has 0 fully saturated rings. The number of fused-ring (bicyclic) bond motifs is 1. The number of halogens is 3. The van der Waals surface area contributed by atoms with Crippen LogP contribution in [0.2, 0.25) is 0 Å². The average molecular weight is 260 g/mol. The third kappa shape index (κ3) is 3.75. The Balaban J connectivity index is 0.000000659. The van der Waals surface area contributed by atoms with Crippen molar-refractivity contribution in [3.8, 4) is 0 Å². The number of nitrogens with zero attached hydrogens (tertiary/aromatic N) is 1. The molecule has 1 heterocycles. The second kappa shape index (κ2) is 7.03. The minimum Gasteiger partial charge on any atom is -0.282 e. The zero-order valence-electron chi connectivity index (χ0n) is 11.3. The summed E-state index contributed by atoms with van der Waals surface area (Å²) in [7, 11) is 0. The van der Waals surface area contributed by atoms with Crippen molar-refractivity contribution in [2.45, 2.75) is 40.8 Å². The predicted octanol–water partition coefficient (Wildman–Crippen LogP) is 4.94. The summed E-state index contributed by atoms with van der Waals surface area (Å²) >= 11 is 0. The van der Waals surface area contributed by atoms with Crippen LogP contribution in [0.3, 0.4) is 0 Å². The van der Waals surface area contributed by atoms with Crippen molar-refractivity contribution >= 4 is 10.9 Å². The largest absolute Gasteiger partial charge is 0.416 e. The normalized spacial score (nSPS) is 10.2. The number of aromatic amines is 1. The van der Waals surface area contributed by atoms with Gasteiger partial charge in [-0.2, -0.15) is 18.3 Å². The zero-order valence-corrected chi connectivity index (χ0v) is 11.3. The summed E-state index contributed by atoms with van der Waals surface area (Å²) in [4.78, 5) is 0. The summed E-state index contributed by atoms with van der Waals surface area (Å²) < 4.78 is 36.9. The molecule has 18 heavy (non-hydrogen) atoms. The van der Waals surface area contributed by atoms with E-state index in [1.165, 1.54) is 6.07 Å². The van der Waals surface area contributed by atoms with E-state index in [9.17, 15) is 13.2 Å². The number of aromatic nitrogens is 2. The summed E-state index contributed by atoms with van der Waals surface area (Å²) in [5, 5.41) is 7.13. The van der Waals surface area contributed by atoms with Crippen LogP contribution in [0.5, 0.6) is 0 Å². The molecule has 1 aromatic heterocycles. The maximum absolute atomic E-state index is 12.3. The molecule has 0 aliphatic heterocycles. The Hall–Kier alpha value is -1.52. The van der Waals surface area contributed by atoms with Crippen molar-refractivity contribution in [1.82, 2.24) is 10.2 Å². The summed E-state index contributed by atoms with van der Waals surface area (Å²) in [5.41, 5.74) is 0.447. The van der Waals surface area contributed by atoms with Gasteiger partial charge in [-0.25, -0.2) is 0 Å². The lowest BCUT2D eigenvalue weighted by Crippen LogP contribution is -2.04. The minimum atomic E-state index is -4.30. The first-order chi connectivity index (χ1) is 8.48. The van der Waals surface area contributed by atoms with Gasteiger partial charge in [0.25, 0.3) is 0 Å². The fourth-order valence-electron chi connectivity index (χ4n) is 1.32. The van der Waals surface area contributed by atoms with Gasteiger partial charge in [-0.1, -0.05) is 33.8 Å². The number of H-pyrrole nitrogens is 1. The zero-order chi connectivity index (χ0) is 14.3. The molecule has 2 rings (SSSR count). The first kappa shape index (κ1) is 16.5. The van der Waals surface area contributed by atoms with E-state index >= 15 is 0 Å². The number of hydrogen-bond acceptors (Lipinski definition) is 1. The molecule has 0 aliphatic rings. The maximum Gasteiger partial charge on any atom is 0.416 e. The molecule has 5 heteroatoms. The first-order valence-electron chi connectivity index (χ1n) is 6.00. The molecule has 1 aromatic carbocycles. The van der Waals surface area contributed by atoms with E-state index in [0.717, 1.165) is 23.2 Å². The first-order valence-corrected chi connectivity index (χ1v) is 6.00. The van der Waals surface area contributed by atoms with Crippen molar-refractivity contribution in [2.24, 2.45) is 0 Å². The van der Waals surface area contributed by atoms with Crippen molar-refractivity contribution in [3.05, 3.63) is 29.5 Å². The highest BCUT2D eigenvalue weighted by Crippen LogP contribution is 2.31. The number of aryl methyl sites for hydroxylation is 1. The van der Waals surface area contributed by atoms with Crippen LogP contribution in [0, 0.1) is 6.92 Å². The van der Waals surface area contributed by atoms with E-state index in [1.807, 2.05) is 27.7 Å². The summed E-state index contributed by atoms with van der Waals surface area (Å²) in [6.07, 6.45) is -4.30. The molecule has 0 radical (unpaired) electrons. The monoisotopic (exact) mass is 260 g/mol. The van der Waals surface area contributed by atoms with Crippen LogP contribution in [0.15, 0.2) is 18.2 Å². The Bertz CT molecular complexity index is 473. The molecule has 2 aromatic rings. The Labute approximate surface area is 105 Å². The van der Waals surface area contributed by atoms with Gasteiger partial charge in [-0.05, 0) is 19.1 Å². The molecule has 0 spiro atoms. The van der Waals surface area contributed by atoms with E-state index in [0.29, 0.717) is 5.52 Å². The number of hydrogen-bond donors (Lipinski definition) is 1. The fraction of sp³-hybridized carbons (Fsp3) is 0.462. The second-order valence-electron chi connectivity index (χ2n) is 3.08. The van der Waals surface area contributed by atoms with Gasteiger partial charge in [0, 0.05) is 11.1 Å².